The summed E-state index contributed by atoms with van der Waals surface area (Å²) in [5, 5.41) is 6.53. The summed E-state index contributed by atoms with van der Waals surface area (Å²) < 4.78 is 11.3. The summed E-state index contributed by atoms with van der Waals surface area (Å²) in [5.41, 5.74) is 1.13. The van der Waals surface area contributed by atoms with Crippen LogP contribution in [-0.2, 0) is 4.79 Å². The number of ether oxygens (including phenoxy) is 2. The van der Waals surface area contributed by atoms with Crippen LogP contribution in [0.25, 0.3) is 0 Å². The van der Waals surface area contributed by atoms with Crippen LogP contribution >= 0.6 is 0 Å². The number of carbonyl (C=O) groups is 1. The van der Waals surface area contributed by atoms with Crippen LogP contribution in [0.2, 0.25) is 0 Å². The molecule has 3 aliphatic rings. The van der Waals surface area contributed by atoms with Gasteiger partial charge >= 0.3 is 0 Å². The van der Waals surface area contributed by atoms with E-state index in [4.69, 9.17) is 9.47 Å². The first-order chi connectivity index (χ1) is 11.2. The number of hydrogen-bond donors (Lipinski definition) is 2. The number of rotatable bonds is 5. The Morgan fingerprint density at radius 1 is 1.17 bits per heavy atom. The van der Waals surface area contributed by atoms with Crippen molar-refractivity contribution in [2.24, 2.45) is 17.8 Å². The molecule has 1 amide bonds. The van der Waals surface area contributed by atoms with E-state index in [1.165, 1.54) is 12.8 Å². The van der Waals surface area contributed by atoms with Gasteiger partial charge in [0.05, 0.1) is 6.04 Å². The van der Waals surface area contributed by atoms with Gasteiger partial charge in [-0.15, -0.1) is 0 Å². The molecular weight excluding hydrogens is 292 g/mol. The Hall–Kier alpha value is -1.75. The average Bonchev–Trinajstić information content (AvgIpc) is 3.35. The summed E-state index contributed by atoms with van der Waals surface area (Å²) in [4.78, 5) is 12.6. The summed E-state index contributed by atoms with van der Waals surface area (Å²) in [6, 6.07) is 6.15. The lowest BCUT2D eigenvalue weighted by Crippen LogP contribution is -2.50. The quantitative estimate of drug-likeness (QED) is 0.871. The van der Waals surface area contributed by atoms with Gasteiger partial charge in [0.15, 0.2) is 11.5 Å². The molecule has 2 atom stereocenters. The maximum Gasteiger partial charge on any atom is 0.223 e. The van der Waals surface area contributed by atoms with Crippen LogP contribution in [0.15, 0.2) is 18.2 Å². The lowest BCUT2D eigenvalue weighted by atomic mass is 9.87. The summed E-state index contributed by atoms with van der Waals surface area (Å²) in [7, 11) is 0. The highest BCUT2D eigenvalue weighted by Gasteiger charge is 2.36. The van der Waals surface area contributed by atoms with E-state index in [-0.39, 0.29) is 17.9 Å². The zero-order valence-corrected chi connectivity index (χ0v) is 13.5. The van der Waals surface area contributed by atoms with Crippen LogP contribution in [0.1, 0.15) is 31.4 Å². The van der Waals surface area contributed by atoms with E-state index >= 15 is 0 Å². The van der Waals surface area contributed by atoms with E-state index in [1.54, 1.807) is 0 Å². The highest BCUT2D eigenvalue weighted by Crippen LogP contribution is 2.43. The molecule has 2 heterocycles. The number of benzene rings is 1. The van der Waals surface area contributed by atoms with Crippen LogP contribution in [0.5, 0.6) is 11.5 Å². The molecule has 2 fully saturated rings. The molecule has 5 nitrogen and oxygen atoms in total. The van der Waals surface area contributed by atoms with E-state index < -0.39 is 0 Å². The van der Waals surface area contributed by atoms with Gasteiger partial charge in [-0.05, 0) is 55.5 Å². The zero-order chi connectivity index (χ0) is 15.8. The molecule has 1 saturated carbocycles. The molecule has 1 aliphatic carbocycles. The second-order valence-electron chi connectivity index (χ2n) is 6.93. The SMILES string of the molecule is CC(C(=O)NC(c1ccc2c(c1)OCCO2)C1CC1)C1CNC1. The molecule has 0 aromatic heterocycles. The number of carbonyl (C=O) groups excluding carboxylic acids is 1. The highest BCUT2D eigenvalue weighted by atomic mass is 16.6. The first-order valence-electron chi connectivity index (χ1n) is 8.63. The molecule has 1 aromatic carbocycles. The molecule has 2 aliphatic heterocycles. The normalized spacial score (nSPS) is 22.8. The minimum atomic E-state index is 0.0645. The van der Waals surface area contributed by atoms with E-state index in [0.717, 1.165) is 30.2 Å². The Morgan fingerprint density at radius 2 is 1.91 bits per heavy atom. The smallest absolute Gasteiger partial charge is 0.223 e. The molecule has 2 N–H and O–H groups in total. The van der Waals surface area contributed by atoms with Crippen molar-refractivity contribution in [2.45, 2.75) is 25.8 Å². The third kappa shape index (κ3) is 3.02. The molecule has 0 spiro atoms. The molecule has 2 unspecified atom stereocenters. The molecule has 0 bridgehead atoms. The van der Waals surface area contributed by atoms with Crippen molar-refractivity contribution in [1.29, 1.82) is 0 Å². The van der Waals surface area contributed by atoms with Crippen LogP contribution in [-0.4, -0.2) is 32.2 Å². The third-order valence-electron chi connectivity index (χ3n) is 5.25. The van der Waals surface area contributed by atoms with E-state index in [1.807, 2.05) is 19.1 Å². The Balaban J connectivity index is 1.50. The fourth-order valence-electron chi connectivity index (χ4n) is 3.32. The van der Waals surface area contributed by atoms with Crippen molar-refractivity contribution in [3.63, 3.8) is 0 Å². The first-order valence-corrected chi connectivity index (χ1v) is 8.63. The largest absolute Gasteiger partial charge is 0.486 e. The molecule has 4 rings (SSSR count). The number of amides is 1. The first kappa shape index (κ1) is 14.8. The molecule has 124 valence electrons. The summed E-state index contributed by atoms with van der Waals surface area (Å²) in [6.07, 6.45) is 2.36. The number of hydrogen-bond acceptors (Lipinski definition) is 4. The van der Waals surface area contributed by atoms with Gasteiger partial charge in [0.2, 0.25) is 5.91 Å². The minimum absolute atomic E-state index is 0.0645. The van der Waals surface area contributed by atoms with Crippen LogP contribution in [0.4, 0.5) is 0 Å². The van der Waals surface area contributed by atoms with Gasteiger partial charge in [-0.3, -0.25) is 4.79 Å². The Labute approximate surface area is 136 Å². The molecule has 1 aromatic rings. The Kier molecular flexibility index (Phi) is 3.89. The third-order valence-corrected chi connectivity index (χ3v) is 5.25. The van der Waals surface area contributed by atoms with Crippen molar-refractivity contribution >= 4 is 5.91 Å². The fraction of sp³-hybridized carbons (Fsp3) is 0.611. The monoisotopic (exact) mass is 316 g/mol. The van der Waals surface area contributed by atoms with Gasteiger partial charge in [0.25, 0.3) is 0 Å². The second kappa shape index (κ2) is 6.04. The van der Waals surface area contributed by atoms with E-state index in [2.05, 4.69) is 16.7 Å². The summed E-state index contributed by atoms with van der Waals surface area (Å²) in [5.74, 6) is 2.85. The Morgan fingerprint density at radius 3 is 2.57 bits per heavy atom. The fourth-order valence-corrected chi connectivity index (χ4v) is 3.32. The van der Waals surface area contributed by atoms with Gasteiger partial charge in [0, 0.05) is 5.92 Å². The van der Waals surface area contributed by atoms with Crippen LogP contribution in [0, 0.1) is 17.8 Å². The van der Waals surface area contributed by atoms with Crippen molar-refractivity contribution in [3.8, 4) is 11.5 Å². The van der Waals surface area contributed by atoms with Crippen molar-refractivity contribution < 1.29 is 14.3 Å². The van der Waals surface area contributed by atoms with Gasteiger partial charge < -0.3 is 20.1 Å². The van der Waals surface area contributed by atoms with Gasteiger partial charge in [-0.1, -0.05) is 13.0 Å². The van der Waals surface area contributed by atoms with Crippen molar-refractivity contribution in [3.05, 3.63) is 23.8 Å². The van der Waals surface area contributed by atoms with E-state index in [9.17, 15) is 4.79 Å². The predicted molar refractivity (Wildman–Crippen MR) is 86.6 cm³/mol. The molecular formula is C18H24N2O3. The van der Waals surface area contributed by atoms with E-state index in [0.29, 0.717) is 25.0 Å². The average molecular weight is 316 g/mol. The van der Waals surface area contributed by atoms with Crippen LogP contribution in [0.3, 0.4) is 0 Å². The minimum Gasteiger partial charge on any atom is -0.486 e. The molecule has 0 radical (unpaired) electrons. The Bertz CT molecular complexity index is 596. The van der Waals surface area contributed by atoms with Gasteiger partial charge in [-0.25, -0.2) is 0 Å². The highest BCUT2D eigenvalue weighted by molar-refractivity contribution is 5.79. The molecule has 1 saturated heterocycles. The van der Waals surface area contributed by atoms with Gasteiger partial charge in [-0.2, -0.15) is 0 Å². The zero-order valence-electron chi connectivity index (χ0n) is 13.5. The van der Waals surface area contributed by atoms with Gasteiger partial charge in [0.1, 0.15) is 13.2 Å². The molecule has 5 heteroatoms. The standard InChI is InChI=1S/C18H24N2O3/c1-11(14-9-19-10-14)18(21)20-17(12-2-3-12)13-4-5-15-16(8-13)23-7-6-22-15/h4-5,8,11-12,14,17,19H,2-3,6-7,9-10H2,1H3,(H,20,21). The maximum atomic E-state index is 12.6. The lowest BCUT2D eigenvalue weighted by Gasteiger charge is -2.33. The lowest BCUT2D eigenvalue weighted by molar-refractivity contribution is -0.127. The second-order valence-corrected chi connectivity index (χ2v) is 6.93. The predicted octanol–water partition coefficient (Wildman–Crippen LogP) is 1.88. The number of nitrogens with one attached hydrogen (secondary N) is 2. The maximum absolute atomic E-state index is 12.6. The summed E-state index contributed by atoms with van der Waals surface area (Å²) >= 11 is 0. The van der Waals surface area contributed by atoms with Crippen molar-refractivity contribution in [2.75, 3.05) is 26.3 Å². The van der Waals surface area contributed by atoms with Crippen LogP contribution < -0.4 is 20.1 Å². The van der Waals surface area contributed by atoms with Crippen molar-refractivity contribution in [1.82, 2.24) is 10.6 Å². The topological polar surface area (TPSA) is 59.6 Å². The number of fused-ring (bicyclic) bond motifs is 1. The summed E-state index contributed by atoms with van der Waals surface area (Å²) in [6.45, 7) is 5.12. The molecule has 23 heavy (non-hydrogen) atoms.